The average molecular weight is 412 g/mol. The number of morpholine rings is 1. The molecule has 1 fully saturated rings. The van der Waals surface area contributed by atoms with E-state index in [1.165, 1.54) is 38.5 Å². The highest BCUT2D eigenvalue weighted by Crippen LogP contribution is 2.40. The van der Waals surface area contributed by atoms with Crippen LogP contribution in [0.15, 0.2) is 48.2 Å². The van der Waals surface area contributed by atoms with Crippen LogP contribution in [-0.2, 0) is 14.3 Å². The number of imide groups is 1. The summed E-state index contributed by atoms with van der Waals surface area (Å²) in [5.74, 6) is -0.545. The monoisotopic (exact) mass is 412 g/mol. The van der Waals surface area contributed by atoms with Crippen molar-refractivity contribution in [3.05, 3.63) is 59.5 Å². The van der Waals surface area contributed by atoms with E-state index in [1.54, 1.807) is 18.2 Å². The Morgan fingerprint density at radius 3 is 2.27 bits per heavy atom. The number of hydrogen-bond acceptors (Lipinski definition) is 6. The molecule has 2 amide bonds. The summed E-state index contributed by atoms with van der Waals surface area (Å²) in [7, 11) is 2.97. The van der Waals surface area contributed by atoms with Crippen LogP contribution in [0.5, 0.6) is 11.5 Å². The van der Waals surface area contributed by atoms with E-state index in [0.717, 1.165) is 4.90 Å². The van der Waals surface area contributed by atoms with Crippen molar-refractivity contribution in [2.75, 3.05) is 45.4 Å². The lowest BCUT2D eigenvalue weighted by molar-refractivity contribution is -0.121. The van der Waals surface area contributed by atoms with Gasteiger partial charge in [0.1, 0.15) is 23.0 Å². The van der Waals surface area contributed by atoms with Crippen LogP contribution >= 0.6 is 0 Å². The van der Waals surface area contributed by atoms with Gasteiger partial charge in [-0.1, -0.05) is 12.1 Å². The van der Waals surface area contributed by atoms with E-state index >= 15 is 0 Å². The van der Waals surface area contributed by atoms with Gasteiger partial charge in [0.15, 0.2) is 0 Å². The molecule has 0 spiro atoms. The average Bonchev–Trinajstić information content (AvgIpc) is 3.04. The third-order valence-electron chi connectivity index (χ3n) is 5.15. The molecule has 0 aliphatic carbocycles. The number of methoxy groups -OCH3 is 2. The molecule has 0 radical (unpaired) electrons. The first kappa shape index (κ1) is 19.9. The summed E-state index contributed by atoms with van der Waals surface area (Å²) in [5.41, 5.74) is 1.27. The lowest BCUT2D eigenvalue weighted by Gasteiger charge is -2.29. The molecule has 2 heterocycles. The zero-order chi connectivity index (χ0) is 21.3. The summed E-state index contributed by atoms with van der Waals surface area (Å²) in [6, 6.07) is 10.4. The van der Waals surface area contributed by atoms with Gasteiger partial charge in [0.05, 0.1) is 38.7 Å². The highest BCUT2D eigenvalue weighted by atomic mass is 19.1. The SMILES string of the molecule is COc1ccc(OC)c(N2C(=O)C(c3ccc(F)cc3)=C(N3CCOCC3)C2=O)c1. The Kier molecular flexibility index (Phi) is 5.41. The van der Waals surface area contributed by atoms with Crippen LogP contribution in [0, 0.1) is 5.82 Å². The van der Waals surface area contributed by atoms with Crippen LogP contribution in [0.4, 0.5) is 10.1 Å². The molecule has 0 aromatic heterocycles. The largest absolute Gasteiger partial charge is 0.497 e. The molecule has 8 heteroatoms. The Morgan fingerprint density at radius 2 is 1.63 bits per heavy atom. The fraction of sp³-hybridized carbons (Fsp3) is 0.273. The molecular formula is C22H21FN2O5. The van der Waals surface area contributed by atoms with Crippen molar-refractivity contribution in [3.8, 4) is 11.5 Å². The summed E-state index contributed by atoms with van der Waals surface area (Å²) in [4.78, 5) is 30.0. The van der Waals surface area contributed by atoms with E-state index in [9.17, 15) is 14.0 Å². The van der Waals surface area contributed by atoms with Crippen LogP contribution in [0.1, 0.15) is 5.56 Å². The number of carbonyl (C=O) groups excluding carboxylic acids is 2. The fourth-order valence-corrected chi connectivity index (χ4v) is 3.67. The molecule has 0 bridgehead atoms. The van der Waals surface area contributed by atoms with Crippen LogP contribution in [0.3, 0.4) is 0 Å². The van der Waals surface area contributed by atoms with Crippen molar-refractivity contribution >= 4 is 23.1 Å². The second-order valence-corrected chi connectivity index (χ2v) is 6.81. The smallest absolute Gasteiger partial charge is 0.282 e. The topological polar surface area (TPSA) is 68.3 Å². The number of carbonyl (C=O) groups is 2. The summed E-state index contributed by atoms with van der Waals surface area (Å²) in [6.07, 6.45) is 0. The lowest BCUT2D eigenvalue weighted by atomic mass is 10.0. The van der Waals surface area contributed by atoms with Gasteiger partial charge < -0.3 is 19.1 Å². The molecule has 2 aliphatic heterocycles. The molecule has 0 saturated carbocycles. The van der Waals surface area contributed by atoms with Crippen LogP contribution in [0.2, 0.25) is 0 Å². The standard InChI is InChI=1S/C22H21FN2O5/c1-28-16-7-8-18(29-2)17(13-16)25-21(26)19(14-3-5-15(23)6-4-14)20(22(25)27)24-9-11-30-12-10-24/h3-8,13H,9-12H2,1-2H3. The van der Waals surface area contributed by atoms with Crippen LogP contribution < -0.4 is 14.4 Å². The second kappa shape index (κ2) is 8.16. The van der Waals surface area contributed by atoms with Crippen molar-refractivity contribution in [3.63, 3.8) is 0 Å². The summed E-state index contributed by atoms with van der Waals surface area (Å²) in [5, 5.41) is 0. The molecule has 0 atom stereocenters. The maximum absolute atomic E-state index is 13.5. The molecule has 7 nitrogen and oxygen atoms in total. The van der Waals surface area contributed by atoms with E-state index in [-0.39, 0.29) is 17.0 Å². The Morgan fingerprint density at radius 1 is 0.933 bits per heavy atom. The lowest BCUT2D eigenvalue weighted by Crippen LogP contribution is -2.40. The third-order valence-corrected chi connectivity index (χ3v) is 5.15. The number of amides is 2. The molecule has 156 valence electrons. The summed E-state index contributed by atoms with van der Waals surface area (Å²) < 4.78 is 29.5. The van der Waals surface area contributed by atoms with Gasteiger partial charge in [0.2, 0.25) is 0 Å². The van der Waals surface area contributed by atoms with Gasteiger partial charge in [0, 0.05) is 19.2 Å². The van der Waals surface area contributed by atoms with Gasteiger partial charge in [-0.05, 0) is 29.8 Å². The van der Waals surface area contributed by atoms with E-state index in [2.05, 4.69) is 0 Å². The normalized spacial score (nSPS) is 17.0. The van der Waals surface area contributed by atoms with Crippen molar-refractivity contribution in [2.24, 2.45) is 0 Å². The highest BCUT2D eigenvalue weighted by molar-refractivity contribution is 6.45. The first-order valence-electron chi connectivity index (χ1n) is 9.49. The van der Waals surface area contributed by atoms with E-state index in [0.29, 0.717) is 43.4 Å². The van der Waals surface area contributed by atoms with Crippen molar-refractivity contribution in [1.29, 1.82) is 0 Å². The minimum Gasteiger partial charge on any atom is -0.497 e. The number of ether oxygens (including phenoxy) is 3. The summed E-state index contributed by atoms with van der Waals surface area (Å²) >= 11 is 0. The van der Waals surface area contributed by atoms with Crippen molar-refractivity contribution < 1.29 is 28.2 Å². The van der Waals surface area contributed by atoms with Gasteiger partial charge in [-0.2, -0.15) is 0 Å². The molecule has 1 saturated heterocycles. The molecule has 2 aliphatic rings. The molecule has 0 unspecified atom stereocenters. The van der Waals surface area contributed by atoms with Gasteiger partial charge in [-0.25, -0.2) is 9.29 Å². The number of hydrogen-bond donors (Lipinski definition) is 0. The maximum atomic E-state index is 13.5. The minimum atomic E-state index is -0.500. The zero-order valence-corrected chi connectivity index (χ0v) is 16.7. The number of rotatable bonds is 5. The Hall–Kier alpha value is -3.39. The van der Waals surface area contributed by atoms with Gasteiger partial charge in [-0.3, -0.25) is 9.59 Å². The predicted octanol–water partition coefficient (Wildman–Crippen LogP) is 2.46. The molecule has 0 N–H and O–H groups in total. The number of nitrogens with zero attached hydrogens (tertiary/aromatic N) is 2. The second-order valence-electron chi connectivity index (χ2n) is 6.81. The van der Waals surface area contributed by atoms with Gasteiger partial charge in [-0.15, -0.1) is 0 Å². The Balaban J connectivity index is 1.85. The number of benzene rings is 2. The Labute approximate surface area is 173 Å². The van der Waals surface area contributed by atoms with E-state index < -0.39 is 17.6 Å². The molecular weight excluding hydrogens is 391 g/mol. The van der Waals surface area contributed by atoms with Crippen molar-refractivity contribution in [1.82, 2.24) is 4.90 Å². The van der Waals surface area contributed by atoms with Gasteiger partial charge in [0.25, 0.3) is 11.8 Å². The van der Waals surface area contributed by atoms with Crippen LogP contribution in [0.25, 0.3) is 5.57 Å². The maximum Gasteiger partial charge on any atom is 0.282 e. The fourth-order valence-electron chi connectivity index (χ4n) is 3.67. The van der Waals surface area contributed by atoms with Gasteiger partial charge >= 0.3 is 0 Å². The summed E-state index contributed by atoms with van der Waals surface area (Å²) in [6.45, 7) is 1.85. The quantitative estimate of drug-likeness (QED) is 0.703. The minimum absolute atomic E-state index is 0.228. The first-order chi connectivity index (χ1) is 14.5. The molecule has 2 aromatic rings. The highest BCUT2D eigenvalue weighted by Gasteiger charge is 2.43. The molecule has 4 rings (SSSR count). The number of anilines is 1. The first-order valence-corrected chi connectivity index (χ1v) is 9.49. The number of halogens is 1. The zero-order valence-electron chi connectivity index (χ0n) is 16.7. The van der Waals surface area contributed by atoms with Crippen molar-refractivity contribution in [2.45, 2.75) is 0 Å². The molecule has 30 heavy (non-hydrogen) atoms. The predicted molar refractivity (Wildman–Crippen MR) is 108 cm³/mol. The van der Waals surface area contributed by atoms with E-state index in [1.807, 2.05) is 4.90 Å². The van der Waals surface area contributed by atoms with Crippen LogP contribution in [-0.4, -0.2) is 57.2 Å². The Bertz CT molecular complexity index is 1010. The van der Waals surface area contributed by atoms with E-state index in [4.69, 9.17) is 14.2 Å². The third kappa shape index (κ3) is 3.39. The molecule has 2 aromatic carbocycles.